The number of hydrogen-bond acceptors (Lipinski definition) is 3. The second-order valence-corrected chi connectivity index (χ2v) is 5.11. The first-order chi connectivity index (χ1) is 9.20. The standard InChI is InChI=1S/C16H21N3/c1-12(2)14-7-5-13(6-8-14)10-16(19-17)15-4-3-9-18-11-15/h3-9,11-12,16,19H,10,17H2,1-2H3. The van der Waals surface area contributed by atoms with Gasteiger partial charge in [-0.1, -0.05) is 44.2 Å². The van der Waals surface area contributed by atoms with Crippen molar-refractivity contribution in [3.63, 3.8) is 0 Å². The number of nitrogens with two attached hydrogens (primary N) is 1. The summed E-state index contributed by atoms with van der Waals surface area (Å²) >= 11 is 0. The van der Waals surface area contributed by atoms with Gasteiger partial charge in [0.15, 0.2) is 0 Å². The van der Waals surface area contributed by atoms with Crippen molar-refractivity contribution in [2.75, 3.05) is 0 Å². The Morgan fingerprint density at radius 2 is 1.84 bits per heavy atom. The van der Waals surface area contributed by atoms with Gasteiger partial charge in [-0.05, 0) is 35.1 Å². The molecule has 1 aromatic carbocycles. The van der Waals surface area contributed by atoms with Gasteiger partial charge in [-0.25, -0.2) is 0 Å². The number of hydrogen-bond donors (Lipinski definition) is 2. The molecule has 100 valence electrons. The first kappa shape index (κ1) is 13.7. The van der Waals surface area contributed by atoms with E-state index in [4.69, 9.17) is 5.84 Å². The number of aromatic nitrogens is 1. The van der Waals surface area contributed by atoms with Crippen molar-refractivity contribution in [1.82, 2.24) is 10.4 Å². The van der Waals surface area contributed by atoms with Gasteiger partial charge in [0.1, 0.15) is 0 Å². The lowest BCUT2D eigenvalue weighted by atomic mass is 9.97. The van der Waals surface area contributed by atoms with Crippen LogP contribution in [0.15, 0.2) is 48.8 Å². The van der Waals surface area contributed by atoms with E-state index >= 15 is 0 Å². The molecule has 1 aromatic heterocycles. The summed E-state index contributed by atoms with van der Waals surface area (Å²) < 4.78 is 0. The van der Waals surface area contributed by atoms with Crippen LogP contribution in [-0.2, 0) is 6.42 Å². The summed E-state index contributed by atoms with van der Waals surface area (Å²) in [6.07, 6.45) is 4.49. The number of benzene rings is 1. The topological polar surface area (TPSA) is 50.9 Å². The molecule has 0 amide bonds. The lowest BCUT2D eigenvalue weighted by molar-refractivity contribution is 0.550. The van der Waals surface area contributed by atoms with Crippen molar-refractivity contribution in [3.8, 4) is 0 Å². The third-order valence-corrected chi connectivity index (χ3v) is 3.37. The maximum absolute atomic E-state index is 5.65. The van der Waals surface area contributed by atoms with Crippen LogP contribution in [0.25, 0.3) is 0 Å². The minimum atomic E-state index is 0.0959. The zero-order valence-electron chi connectivity index (χ0n) is 11.5. The number of nitrogens with one attached hydrogen (secondary N) is 1. The van der Waals surface area contributed by atoms with Crippen molar-refractivity contribution in [2.45, 2.75) is 32.2 Å². The number of hydrazine groups is 1. The summed E-state index contributed by atoms with van der Waals surface area (Å²) in [7, 11) is 0. The summed E-state index contributed by atoms with van der Waals surface area (Å²) in [6, 6.07) is 12.8. The summed E-state index contributed by atoms with van der Waals surface area (Å²) in [6.45, 7) is 4.41. The second kappa shape index (κ2) is 6.45. The van der Waals surface area contributed by atoms with Gasteiger partial charge in [-0.15, -0.1) is 0 Å². The molecule has 0 radical (unpaired) electrons. The summed E-state index contributed by atoms with van der Waals surface area (Å²) in [5, 5.41) is 0. The third-order valence-electron chi connectivity index (χ3n) is 3.37. The maximum Gasteiger partial charge on any atom is 0.0515 e. The van der Waals surface area contributed by atoms with E-state index < -0.39 is 0 Å². The Morgan fingerprint density at radius 1 is 1.11 bits per heavy atom. The van der Waals surface area contributed by atoms with Crippen LogP contribution in [0.3, 0.4) is 0 Å². The van der Waals surface area contributed by atoms with Crippen molar-refractivity contribution < 1.29 is 0 Å². The molecule has 2 rings (SSSR count). The largest absolute Gasteiger partial charge is 0.271 e. The van der Waals surface area contributed by atoms with Crippen molar-refractivity contribution in [2.24, 2.45) is 5.84 Å². The van der Waals surface area contributed by atoms with Gasteiger partial charge >= 0.3 is 0 Å². The highest BCUT2D eigenvalue weighted by Gasteiger charge is 2.10. The Morgan fingerprint density at radius 3 is 2.37 bits per heavy atom. The molecule has 1 heterocycles. The molecule has 3 nitrogen and oxygen atoms in total. The molecular weight excluding hydrogens is 234 g/mol. The van der Waals surface area contributed by atoms with E-state index in [0.29, 0.717) is 5.92 Å². The lowest BCUT2D eigenvalue weighted by Gasteiger charge is -2.16. The molecule has 0 saturated carbocycles. The molecule has 0 fully saturated rings. The summed E-state index contributed by atoms with van der Waals surface area (Å²) in [5.41, 5.74) is 6.61. The van der Waals surface area contributed by atoms with E-state index in [1.165, 1.54) is 11.1 Å². The molecule has 0 spiro atoms. The average molecular weight is 255 g/mol. The smallest absolute Gasteiger partial charge is 0.0515 e. The zero-order valence-corrected chi connectivity index (χ0v) is 11.5. The van der Waals surface area contributed by atoms with Gasteiger partial charge in [-0.3, -0.25) is 16.3 Å². The molecule has 0 aliphatic rings. The van der Waals surface area contributed by atoms with Gasteiger partial charge in [0.25, 0.3) is 0 Å². The highest BCUT2D eigenvalue weighted by Crippen LogP contribution is 2.19. The van der Waals surface area contributed by atoms with Crippen LogP contribution >= 0.6 is 0 Å². The van der Waals surface area contributed by atoms with Crippen LogP contribution < -0.4 is 11.3 Å². The molecule has 19 heavy (non-hydrogen) atoms. The lowest BCUT2D eigenvalue weighted by Crippen LogP contribution is -2.29. The maximum atomic E-state index is 5.65. The van der Waals surface area contributed by atoms with E-state index in [1.807, 2.05) is 18.3 Å². The molecule has 1 atom stereocenters. The summed E-state index contributed by atoms with van der Waals surface area (Å²) in [5.74, 6) is 6.22. The minimum absolute atomic E-state index is 0.0959. The molecule has 2 aromatic rings. The van der Waals surface area contributed by atoms with Crippen LogP contribution in [0, 0.1) is 0 Å². The first-order valence-electron chi connectivity index (χ1n) is 6.65. The van der Waals surface area contributed by atoms with E-state index in [-0.39, 0.29) is 6.04 Å². The van der Waals surface area contributed by atoms with Crippen LogP contribution in [0.4, 0.5) is 0 Å². The Labute approximate surface area is 114 Å². The zero-order chi connectivity index (χ0) is 13.7. The minimum Gasteiger partial charge on any atom is -0.271 e. The van der Waals surface area contributed by atoms with Crippen molar-refractivity contribution in [1.29, 1.82) is 0 Å². The quantitative estimate of drug-likeness (QED) is 0.638. The number of nitrogens with zero attached hydrogens (tertiary/aromatic N) is 1. The fraction of sp³-hybridized carbons (Fsp3) is 0.312. The van der Waals surface area contributed by atoms with Crippen LogP contribution in [0.5, 0.6) is 0 Å². The third kappa shape index (κ3) is 3.63. The fourth-order valence-corrected chi connectivity index (χ4v) is 2.13. The SMILES string of the molecule is CC(C)c1ccc(CC(NN)c2cccnc2)cc1. The first-order valence-corrected chi connectivity index (χ1v) is 6.65. The Kier molecular flexibility index (Phi) is 4.66. The van der Waals surface area contributed by atoms with Gasteiger partial charge in [-0.2, -0.15) is 0 Å². The van der Waals surface area contributed by atoms with E-state index in [1.54, 1.807) is 6.20 Å². The van der Waals surface area contributed by atoms with Crippen molar-refractivity contribution in [3.05, 3.63) is 65.5 Å². The van der Waals surface area contributed by atoms with Crippen molar-refractivity contribution >= 4 is 0 Å². The van der Waals surface area contributed by atoms with Gasteiger partial charge in [0.05, 0.1) is 6.04 Å². The Balaban J connectivity index is 2.10. The van der Waals surface area contributed by atoms with E-state index in [9.17, 15) is 0 Å². The highest BCUT2D eigenvalue weighted by molar-refractivity contribution is 5.27. The Bertz CT molecular complexity index is 491. The molecule has 3 N–H and O–H groups in total. The molecule has 3 heteroatoms. The van der Waals surface area contributed by atoms with Gasteiger partial charge < -0.3 is 0 Å². The number of rotatable bonds is 5. The molecule has 0 saturated heterocycles. The number of pyridine rings is 1. The molecule has 1 unspecified atom stereocenters. The second-order valence-electron chi connectivity index (χ2n) is 5.11. The monoisotopic (exact) mass is 255 g/mol. The molecule has 0 aliphatic heterocycles. The predicted molar refractivity (Wildman–Crippen MR) is 78.5 cm³/mol. The molecular formula is C16H21N3. The summed E-state index contributed by atoms with van der Waals surface area (Å²) in [4.78, 5) is 4.14. The fourth-order valence-electron chi connectivity index (χ4n) is 2.13. The van der Waals surface area contributed by atoms with Crippen LogP contribution in [0.1, 0.15) is 42.5 Å². The predicted octanol–water partition coefficient (Wildman–Crippen LogP) is 2.95. The van der Waals surface area contributed by atoms with Gasteiger partial charge in [0.2, 0.25) is 0 Å². The molecule has 0 bridgehead atoms. The van der Waals surface area contributed by atoms with Gasteiger partial charge in [0, 0.05) is 12.4 Å². The normalized spacial score (nSPS) is 12.6. The van der Waals surface area contributed by atoms with Crippen LogP contribution in [-0.4, -0.2) is 4.98 Å². The molecule has 0 aliphatic carbocycles. The van der Waals surface area contributed by atoms with E-state index in [2.05, 4.69) is 48.5 Å². The van der Waals surface area contributed by atoms with E-state index in [0.717, 1.165) is 12.0 Å². The van der Waals surface area contributed by atoms with Crippen LogP contribution in [0.2, 0.25) is 0 Å². The highest BCUT2D eigenvalue weighted by atomic mass is 15.2. The Hall–Kier alpha value is -1.71. The average Bonchev–Trinajstić information content (AvgIpc) is 2.46.